The Hall–Kier alpha value is -3.19. The second kappa shape index (κ2) is 29.9. The number of hydrogen-bond acceptors (Lipinski definition) is 11. The summed E-state index contributed by atoms with van der Waals surface area (Å²) in [6, 6.07) is 13.3. The number of nitrogens with zero attached hydrogens (tertiary/aromatic N) is 3. The van der Waals surface area contributed by atoms with Crippen LogP contribution in [0.3, 0.4) is 0 Å². The molecule has 0 saturated carbocycles. The number of unbranched alkanes of at least 4 members (excludes halogenated alkanes) is 15. The number of aryl methyl sites for hydroxylation is 1. The zero-order valence-electron chi connectivity index (χ0n) is 35.4. The van der Waals surface area contributed by atoms with Crippen LogP contribution in [0.5, 0.6) is 5.75 Å². The molecule has 1 heterocycles. The van der Waals surface area contributed by atoms with E-state index in [-0.39, 0.29) is 39.0 Å². The van der Waals surface area contributed by atoms with Crippen LogP contribution in [0.15, 0.2) is 36.9 Å². The predicted molar refractivity (Wildman–Crippen MR) is 228 cm³/mol. The fourth-order valence-electron chi connectivity index (χ4n) is 6.42. The third-order valence-electron chi connectivity index (χ3n) is 9.95. The molecule has 0 spiro atoms. The standard InChI is InChI=1S/C44H72N5O7P/c1-6-7-8-9-10-11-12-13-14-15-16-17-18-19-20-21-28-52-32-41(53-31-38-22-23-39(30-45)43(29-38)56-36(2)3)33-54-57(50)55-35-44(34-46,51-5)27-26-40-24-25-42(37(4)47)49(40)48/h22-25,29,36,41,50H,4,6-21,26-28,31-33,35,47-48H2,1-3,5H3. The van der Waals surface area contributed by atoms with E-state index in [1.54, 1.807) is 18.2 Å². The molecule has 3 atom stereocenters. The molecule has 0 aliphatic heterocycles. The van der Waals surface area contributed by atoms with Crippen molar-refractivity contribution in [1.82, 2.24) is 4.68 Å². The minimum atomic E-state index is -2.37. The van der Waals surface area contributed by atoms with Gasteiger partial charge >= 0.3 is 8.60 Å². The van der Waals surface area contributed by atoms with E-state index in [1.807, 2.05) is 26.0 Å². The minimum Gasteiger partial charge on any atom is -0.490 e. The first kappa shape index (κ1) is 50.0. The van der Waals surface area contributed by atoms with E-state index in [0.717, 1.165) is 24.1 Å². The highest BCUT2D eigenvalue weighted by atomic mass is 31.2. The van der Waals surface area contributed by atoms with E-state index < -0.39 is 20.3 Å². The molecule has 2 rings (SSSR count). The zero-order valence-corrected chi connectivity index (χ0v) is 36.2. The van der Waals surface area contributed by atoms with Crippen LogP contribution in [0.4, 0.5) is 0 Å². The maximum atomic E-state index is 10.7. The lowest BCUT2D eigenvalue weighted by molar-refractivity contribution is -0.0510. The Morgan fingerprint density at radius 2 is 1.51 bits per heavy atom. The summed E-state index contributed by atoms with van der Waals surface area (Å²) in [5.74, 6) is 6.64. The van der Waals surface area contributed by atoms with Gasteiger partial charge in [-0.3, -0.25) is 4.68 Å². The van der Waals surface area contributed by atoms with Crippen LogP contribution in [0.25, 0.3) is 5.70 Å². The van der Waals surface area contributed by atoms with Crippen LogP contribution in [0, 0.1) is 22.7 Å². The maximum Gasteiger partial charge on any atom is 0.330 e. The van der Waals surface area contributed by atoms with Crippen molar-refractivity contribution < 1.29 is 32.9 Å². The Morgan fingerprint density at radius 1 is 0.895 bits per heavy atom. The van der Waals surface area contributed by atoms with E-state index in [0.29, 0.717) is 35.7 Å². The number of hydrogen-bond donors (Lipinski definition) is 3. The van der Waals surface area contributed by atoms with Crippen LogP contribution in [-0.4, -0.2) is 60.9 Å². The third kappa shape index (κ3) is 20.9. The van der Waals surface area contributed by atoms with Crippen molar-refractivity contribution >= 4 is 14.3 Å². The van der Waals surface area contributed by atoms with E-state index >= 15 is 0 Å². The third-order valence-corrected chi connectivity index (χ3v) is 10.7. The van der Waals surface area contributed by atoms with Gasteiger partial charge in [-0.15, -0.1) is 0 Å². The zero-order chi connectivity index (χ0) is 41.7. The Labute approximate surface area is 344 Å². The van der Waals surface area contributed by atoms with Gasteiger partial charge in [0.15, 0.2) is 5.60 Å². The largest absolute Gasteiger partial charge is 0.490 e. The summed E-state index contributed by atoms with van der Waals surface area (Å²) < 4.78 is 36.4. The molecule has 0 radical (unpaired) electrons. The smallest absolute Gasteiger partial charge is 0.330 e. The first-order chi connectivity index (χ1) is 27.6. The highest BCUT2D eigenvalue weighted by Crippen LogP contribution is 2.36. The van der Waals surface area contributed by atoms with E-state index in [2.05, 4.69) is 25.6 Å². The van der Waals surface area contributed by atoms with Crippen molar-refractivity contribution in [3.05, 3.63) is 59.4 Å². The highest BCUT2D eigenvalue weighted by molar-refractivity contribution is 7.40. The minimum absolute atomic E-state index is 0.00817. The quantitative estimate of drug-likeness (QED) is 0.0343. The molecular formula is C44H72N5O7P. The summed E-state index contributed by atoms with van der Waals surface area (Å²) >= 11 is 0. The molecule has 13 heteroatoms. The summed E-state index contributed by atoms with van der Waals surface area (Å²) in [7, 11) is -0.953. The molecule has 1 aromatic heterocycles. The van der Waals surface area contributed by atoms with E-state index in [4.69, 9.17) is 39.6 Å². The van der Waals surface area contributed by atoms with Gasteiger partial charge in [-0.2, -0.15) is 10.5 Å². The van der Waals surface area contributed by atoms with Gasteiger partial charge in [0, 0.05) is 19.4 Å². The van der Waals surface area contributed by atoms with Gasteiger partial charge < -0.3 is 44.5 Å². The number of ether oxygens (including phenoxy) is 4. The SMILES string of the molecule is C=C(N)c1ccc(CCC(C#N)(COP(O)OCC(COCCCCCCCCCCCCCCCCCC)OCc2ccc(C#N)c(OC(C)C)c2)OC)n1N. The van der Waals surface area contributed by atoms with Crippen LogP contribution in [0.1, 0.15) is 152 Å². The van der Waals surface area contributed by atoms with E-state index in [9.17, 15) is 15.4 Å². The molecule has 3 unspecified atom stereocenters. The summed E-state index contributed by atoms with van der Waals surface area (Å²) in [5, 5.41) is 19.5. The lowest BCUT2D eigenvalue weighted by atomic mass is 9.99. The monoisotopic (exact) mass is 814 g/mol. The number of aromatic nitrogens is 1. The lowest BCUT2D eigenvalue weighted by Gasteiger charge is -2.26. The molecule has 5 N–H and O–H groups in total. The van der Waals surface area contributed by atoms with Gasteiger partial charge in [-0.25, -0.2) is 0 Å². The fraction of sp³-hybridized carbons (Fsp3) is 0.682. The number of nitriles is 2. The maximum absolute atomic E-state index is 10.7. The van der Waals surface area contributed by atoms with Crippen molar-refractivity contribution in [2.45, 2.75) is 161 Å². The molecule has 2 aromatic rings. The van der Waals surface area contributed by atoms with Gasteiger partial charge in [0.1, 0.15) is 24.0 Å². The Bertz CT molecular complexity index is 1480. The second-order valence-corrected chi connectivity index (χ2v) is 16.1. The van der Waals surface area contributed by atoms with E-state index in [1.165, 1.54) is 102 Å². The number of rotatable bonds is 35. The molecule has 12 nitrogen and oxygen atoms in total. The summed E-state index contributed by atoms with van der Waals surface area (Å²) in [6.07, 6.45) is 21.0. The second-order valence-electron chi connectivity index (χ2n) is 15.1. The molecule has 57 heavy (non-hydrogen) atoms. The molecule has 1 aromatic carbocycles. The van der Waals surface area contributed by atoms with Gasteiger partial charge in [0.2, 0.25) is 0 Å². The number of benzene rings is 1. The molecule has 0 bridgehead atoms. The van der Waals surface area contributed by atoms with Crippen LogP contribution < -0.4 is 16.3 Å². The highest BCUT2D eigenvalue weighted by Gasteiger charge is 2.32. The molecular weight excluding hydrogens is 741 g/mol. The fourth-order valence-corrected chi connectivity index (χ4v) is 7.11. The van der Waals surface area contributed by atoms with Crippen LogP contribution in [0.2, 0.25) is 0 Å². The number of nitrogen functional groups attached to an aromatic ring is 1. The Kier molecular flexibility index (Phi) is 26.2. The molecule has 0 saturated heterocycles. The van der Waals surface area contributed by atoms with Gasteiger partial charge in [0.05, 0.1) is 49.5 Å². The molecule has 0 aliphatic rings. The molecule has 0 amide bonds. The average Bonchev–Trinajstić information content (AvgIpc) is 3.58. The van der Waals surface area contributed by atoms with Gasteiger partial charge in [-0.1, -0.05) is 116 Å². The normalized spacial score (nSPS) is 13.5. The number of nitrogens with two attached hydrogens (primary N) is 2. The lowest BCUT2D eigenvalue weighted by Crippen LogP contribution is -2.36. The van der Waals surface area contributed by atoms with Crippen LogP contribution >= 0.6 is 8.60 Å². The van der Waals surface area contributed by atoms with Gasteiger partial charge in [-0.05, 0) is 62.9 Å². The molecule has 0 fully saturated rings. The molecule has 320 valence electrons. The average molecular weight is 814 g/mol. The summed E-state index contributed by atoms with van der Waals surface area (Å²) in [6.45, 7) is 10.6. The van der Waals surface area contributed by atoms with Crippen molar-refractivity contribution in [3.8, 4) is 17.9 Å². The molecule has 0 aliphatic carbocycles. The van der Waals surface area contributed by atoms with Crippen molar-refractivity contribution in [2.75, 3.05) is 39.4 Å². The topological polar surface area (TPSA) is 180 Å². The predicted octanol–water partition coefficient (Wildman–Crippen LogP) is 9.75. The summed E-state index contributed by atoms with van der Waals surface area (Å²) in [4.78, 5) is 10.7. The first-order valence-electron chi connectivity index (χ1n) is 21.1. The van der Waals surface area contributed by atoms with Crippen molar-refractivity contribution in [1.29, 1.82) is 10.5 Å². The van der Waals surface area contributed by atoms with Crippen molar-refractivity contribution in [2.24, 2.45) is 5.73 Å². The van der Waals surface area contributed by atoms with Gasteiger partial charge in [0.25, 0.3) is 0 Å². The van der Waals surface area contributed by atoms with Crippen LogP contribution in [-0.2, 0) is 36.3 Å². The Morgan fingerprint density at radius 3 is 2.04 bits per heavy atom. The number of methoxy groups -OCH3 is 1. The Balaban J connectivity index is 1.81. The van der Waals surface area contributed by atoms with Crippen molar-refractivity contribution in [3.63, 3.8) is 0 Å². The first-order valence-corrected chi connectivity index (χ1v) is 22.2. The summed E-state index contributed by atoms with van der Waals surface area (Å²) in [5.41, 5.74) is 7.37.